The summed E-state index contributed by atoms with van der Waals surface area (Å²) in [5.41, 5.74) is 2.24. The number of hydrogen-bond donors (Lipinski definition) is 0. The van der Waals surface area contributed by atoms with Crippen molar-refractivity contribution in [1.29, 1.82) is 0 Å². The van der Waals surface area contributed by atoms with Gasteiger partial charge < -0.3 is 4.90 Å². The number of fused-ring (bicyclic) bond motifs is 3. The van der Waals surface area contributed by atoms with E-state index in [9.17, 15) is 25.0 Å². The first-order chi connectivity index (χ1) is 16.0. The molecule has 2 aliphatic rings. The van der Waals surface area contributed by atoms with Crippen LogP contribution in [0, 0.1) is 20.2 Å². The van der Waals surface area contributed by atoms with Crippen LogP contribution in [0.4, 0.5) is 11.4 Å². The lowest BCUT2D eigenvalue weighted by molar-refractivity contribution is -0.524. The maximum atomic E-state index is 13.9. The average Bonchev–Trinajstić information content (AvgIpc) is 3.20. The Hall–Kier alpha value is -4.33. The van der Waals surface area contributed by atoms with Crippen molar-refractivity contribution < 1.29 is 14.6 Å². The van der Waals surface area contributed by atoms with Gasteiger partial charge in [0.2, 0.25) is 6.04 Å². The van der Waals surface area contributed by atoms with E-state index in [0.29, 0.717) is 5.56 Å². The number of nitro groups is 2. The molecule has 0 bridgehead atoms. The molecule has 164 valence electrons. The highest BCUT2D eigenvalue weighted by molar-refractivity contribution is 6.04. The zero-order valence-electron chi connectivity index (χ0n) is 17.4. The van der Waals surface area contributed by atoms with Crippen molar-refractivity contribution in [2.24, 2.45) is 0 Å². The summed E-state index contributed by atoms with van der Waals surface area (Å²) in [7, 11) is 0. The summed E-state index contributed by atoms with van der Waals surface area (Å²) in [5.74, 6) is -1.12. The standard InChI is InChI=1S/C25H19N3O5/c29-25(18-10-6-11-19(15-18)27(30)31)24-22(17-8-2-1-3-9-17)23(28(32)33)21-14-13-16-7-4-5-12-20(16)26(21)24/h1-15,21-24H/t21-,22-,23-,24-/m0/s1. The molecule has 2 heterocycles. The van der Waals surface area contributed by atoms with Crippen LogP contribution in [-0.4, -0.2) is 33.8 Å². The quantitative estimate of drug-likeness (QED) is 0.328. The van der Waals surface area contributed by atoms with E-state index in [2.05, 4.69) is 0 Å². The van der Waals surface area contributed by atoms with Crippen LogP contribution in [0.25, 0.3) is 6.08 Å². The van der Waals surface area contributed by atoms with Gasteiger partial charge in [-0.2, -0.15) is 0 Å². The van der Waals surface area contributed by atoms with Crippen LogP contribution in [-0.2, 0) is 0 Å². The number of nitrogens with zero attached hydrogens (tertiary/aromatic N) is 3. The number of carbonyl (C=O) groups excluding carboxylic acids is 1. The van der Waals surface area contributed by atoms with Gasteiger partial charge in [-0.1, -0.05) is 72.8 Å². The number of non-ortho nitro benzene ring substituents is 1. The summed E-state index contributed by atoms with van der Waals surface area (Å²) in [4.78, 5) is 38.5. The van der Waals surface area contributed by atoms with Crippen molar-refractivity contribution in [3.8, 4) is 0 Å². The third-order valence-electron chi connectivity index (χ3n) is 6.40. The van der Waals surface area contributed by atoms with Crippen LogP contribution in [0.15, 0.2) is 84.9 Å². The van der Waals surface area contributed by atoms with Crippen LogP contribution in [0.2, 0.25) is 0 Å². The molecule has 0 amide bonds. The second kappa shape index (κ2) is 7.98. The minimum absolute atomic E-state index is 0.157. The monoisotopic (exact) mass is 441 g/mol. The molecule has 0 unspecified atom stereocenters. The number of para-hydroxylation sites is 1. The van der Waals surface area contributed by atoms with Crippen molar-refractivity contribution in [2.75, 3.05) is 4.90 Å². The topological polar surface area (TPSA) is 107 Å². The number of ketones is 1. The Balaban J connectivity index is 1.71. The van der Waals surface area contributed by atoms with Gasteiger partial charge in [0.25, 0.3) is 5.69 Å². The molecule has 8 nitrogen and oxygen atoms in total. The Kier molecular flexibility index (Phi) is 4.97. The first kappa shape index (κ1) is 20.6. The number of Topliss-reactive ketones (excluding diaryl/α,β-unsaturated/α-hetero) is 1. The van der Waals surface area contributed by atoms with E-state index in [4.69, 9.17) is 0 Å². The summed E-state index contributed by atoms with van der Waals surface area (Å²) >= 11 is 0. The molecular weight excluding hydrogens is 422 g/mol. The highest BCUT2D eigenvalue weighted by Gasteiger charge is 2.58. The molecule has 0 aliphatic carbocycles. The number of hydrogen-bond acceptors (Lipinski definition) is 6. The van der Waals surface area contributed by atoms with E-state index in [0.717, 1.165) is 11.3 Å². The fourth-order valence-corrected chi connectivity index (χ4v) is 5.05. The van der Waals surface area contributed by atoms with Gasteiger partial charge in [0.05, 0.1) is 10.8 Å². The molecule has 3 aromatic rings. The van der Waals surface area contributed by atoms with Crippen molar-refractivity contribution in [1.82, 2.24) is 0 Å². The SMILES string of the molecule is O=C(c1cccc([N+](=O)[O-])c1)[C@@H]1[C@@H](c2ccccc2)[C@@H]([N+](=O)[O-])[C@@H]2C=Cc3ccccc3N12. The number of carbonyl (C=O) groups is 1. The van der Waals surface area contributed by atoms with Crippen LogP contribution >= 0.6 is 0 Å². The van der Waals surface area contributed by atoms with E-state index in [1.807, 2.05) is 41.3 Å². The van der Waals surface area contributed by atoms with E-state index in [1.54, 1.807) is 30.3 Å². The fraction of sp³-hybridized carbons (Fsp3) is 0.160. The van der Waals surface area contributed by atoms with Crippen molar-refractivity contribution in [3.05, 3.63) is 122 Å². The minimum Gasteiger partial charge on any atom is -0.346 e. The highest BCUT2D eigenvalue weighted by Crippen LogP contribution is 2.47. The normalized spacial score (nSPS) is 23.0. The molecule has 8 heteroatoms. The summed E-state index contributed by atoms with van der Waals surface area (Å²) in [6.07, 6.45) is 3.64. The Bertz CT molecular complexity index is 1290. The number of benzene rings is 3. The summed E-state index contributed by atoms with van der Waals surface area (Å²) in [6.45, 7) is 0. The van der Waals surface area contributed by atoms with Gasteiger partial charge >= 0.3 is 0 Å². The van der Waals surface area contributed by atoms with Crippen molar-refractivity contribution in [3.63, 3.8) is 0 Å². The van der Waals surface area contributed by atoms with Crippen molar-refractivity contribution >= 4 is 23.2 Å². The first-order valence-electron chi connectivity index (χ1n) is 10.5. The summed E-state index contributed by atoms with van der Waals surface area (Å²) in [6, 6.07) is 19.4. The minimum atomic E-state index is -1.07. The summed E-state index contributed by atoms with van der Waals surface area (Å²) < 4.78 is 0. The Labute approximate surface area is 189 Å². The molecule has 5 rings (SSSR count). The molecule has 3 aromatic carbocycles. The van der Waals surface area contributed by atoms with Crippen LogP contribution in [0.3, 0.4) is 0 Å². The van der Waals surface area contributed by atoms with E-state index < -0.39 is 29.0 Å². The molecule has 0 aromatic heterocycles. The lowest BCUT2D eigenvalue weighted by atomic mass is 9.83. The average molecular weight is 441 g/mol. The maximum absolute atomic E-state index is 13.9. The zero-order valence-corrected chi connectivity index (χ0v) is 17.4. The molecule has 33 heavy (non-hydrogen) atoms. The van der Waals surface area contributed by atoms with Crippen molar-refractivity contribution in [2.45, 2.75) is 24.0 Å². The third-order valence-corrected chi connectivity index (χ3v) is 6.40. The fourth-order valence-electron chi connectivity index (χ4n) is 5.05. The van der Waals surface area contributed by atoms with Gasteiger partial charge in [0, 0.05) is 28.3 Å². The molecule has 0 N–H and O–H groups in total. The van der Waals surface area contributed by atoms with Gasteiger partial charge in [0.1, 0.15) is 12.1 Å². The molecule has 0 radical (unpaired) electrons. The molecule has 1 fully saturated rings. The largest absolute Gasteiger partial charge is 0.346 e. The lowest BCUT2D eigenvalue weighted by Gasteiger charge is -2.34. The number of nitro benzene ring substituents is 1. The second-order valence-corrected chi connectivity index (χ2v) is 8.14. The maximum Gasteiger partial charge on any atom is 0.270 e. The molecule has 1 saturated heterocycles. The Morgan fingerprint density at radius 1 is 0.879 bits per heavy atom. The molecule has 0 spiro atoms. The third kappa shape index (κ3) is 3.36. The summed E-state index contributed by atoms with van der Waals surface area (Å²) in [5, 5.41) is 23.6. The van der Waals surface area contributed by atoms with Gasteiger partial charge in [-0.25, -0.2) is 0 Å². The van der Waals surface area contributed by atoms with E-state index >= 15 is 0 Å². The molecule has 4 atom stereocenters. The Morgan fingerprint density at radius 3 is 2.33 bits per heavy atom. The molecule has 0 saturated carbocycles. The molecular formula is C25H19N3O5. The van der Waals surface area contributed by atoms with Crippen LogP contribution < -0.4 is 4.90 Å². The van der Waals surface area contributed by atoms with Crippen LogP contribution in [0.5, 0.6) is 0 Å². The highest BCUT2D eigenvalue weighted by atomic mass is 16.6. The van der Waals surface area contributed by atoms with Gasteiger partial charge in [-0.15, -0.1) is 0 Å². The lowest BCUT2D eigenvalue weighted by Crippen LogP contribution is -2.44. The number of anilines is 1. The van der Waals surface area contributed by atoms with Gasteiger partial charge in [-0.05, 0) is 17.2 Å². The first-order valence-corrected chi connectivity index (χ1v) is 10.5. The second-order valence-electron chi connectivity index (χ2n) is 8.14. The Morgan fingerprint density at radius 2 is 1.61 bits per heavy atom. The van der Waals surface area contributed by atoms with E-state index in [-0.39, 0.29) is 22.0 Å². The predicted octanol–water partition coefficient (Wildman–Crippen LogP) is 4.49. The van der Waals surface area contributed by atoms with E-state index in [1.165, 1.54) is 24.3 Å². The van der Waals surface area contributed by atoms with Gasteiger partial charge in [-0.3, -0.25) is 25.0 Å². The van der Waals surface area contributed by atoms with Gasteiger partial charge in [0.15, 0.2) is 5.78 Å². The molecule has 2 aliphatic heterocycles. The van der Waals surface area contributed by atoms with Crippen LogP contribution in [0.1, 0.15) is 27.4 Å². The number of rotatable bonds is 5. The zero-order chi connectivity index (χ0) is 23.1. The predicted molar refractivity (Wildman–Crippen MR) is 123 cm³/mol. The smallest absolute Gasteiger partial charge is 0.270 e.